The van der Waals surface area contributed by atoms with Gasteiger partial charge in [0, 0.05) is 30.9 Å². The number of carbonyl (C=O) groups excluding carboxylic acids is 1. The molecule has 0 spiro atoms. The maximum Gasteiger partial charge on any atom is 0.408 e. The molecule has 1 unspecified atom stereocenters. The molecule has 0 saturated carbocycles. The van der Waals surface area contributed by atoms with E-state index in [1.807, 2.05) is 5.32 Å². The van der Waals surface area contributed by atoms with Crippen LogP contribution >= 0.6 is 0 Å². The van der Waals surface area contributed by atoms with Crippen LogP contribution in [0.1, 0.15) is 30.6 Å². The molecule has 11 heteroatoms. The first-order valence-electron chi connectivity index (χ1n) is 9.77. The zero-order valence-electron chi connectivity index (χ0n) is 17.7. The van der Waals surface area contributed by atoms with E-state index < -0.39 is 35.3 Å². The van der Waals surface area contributed by atoms with Crippen molar-refractivity contribution in [1.29, 1.82) is 0 Å². The zero-order valence-corrected chi connectivity index (χ0v) is 17.7. The number of amides is 1. The highest BCUT2D eigenvalue weighted by molar-refractivity contribution is 6.04. The summed E-state index contributed by atoms with van der Waals surface area (Å²) in [5, 5.41) is 1.91. The minimum Gasteiger partial charge on any atom is -0.480 e. The van der Waals surface area contributed by atoms with Gasteiger partial charge in [0.2, 0.25) is 5.88 Å². The Balaban J connectivity index is 2.23. The van der Waals surface area contributed by atoms with Crippen LogP contribution in [0.4, 0.5) is 27.6 Å². The van der Waals surface area contributed by atoms with E-state index in [0.717, 1.165) is 25.3 Å². The van der Waals surface area contributed by atoms with Gasteiger partial charge >= 0.3 is 6.18 Å². The zero-order chi connectivity index (χ0) is 23.8. The Morgan fingerprint density at radius 2 is 1.91 bits per heavy atom. The van der Waals surface area contributed by atoms with E-state index in [1.165, 1.54) is 7.11 Å². The number of alkyl halides is 3. The standard InChI is InChI=1S/C21H23F5N4O2/c1-11(21(24,25)26)29-18(31)15-9-28-19(32-3)16(12-6-13(22)8-14(23)7-12)17(15)30-5-4-20(2,27)10-30/h6-9,11H,4-5,10,27H2,1-3H3,(H,29,31)/t11?,20-/m0/s1. The van der Waals surface area contributed by atoms with Crippen LogP contribution in [0.2, 0.25) is 0 Å². The van der Waals surface area contributed by atoms with E-state index in [1.54, 1.807) is 11.8 Å². The van der Waals surface area contributed by atoms with Crippen LogP contribution in [-0.2, 0) is 0 Å². The third-order valence-corrected chi connectivity index (χ3v) is 5.27. The summed E-state index contributed by atoms with van der Waals surface area (Å²) in [6.45, 7) is 3.21. The van der Waals surface area contributed by atoms with Gasteiger partial charge < -0.3 is 20.7 Å². The van der Waals surface area contributed by atoms with Crippen molar-refractivity contribution in [3.8, 4) is 17.0 Å². The molecular formula is C21H23F5N4O2. The summed E-state index contributed by atoms with van der Waals surface area (Å²) >= 11 is 0. The predicted molar refractivity (Wildman–Crippen MR) is 109 cm³/mol. The van der Waals surface area contributed by atoms with Crippen molar-refractivity contribution in [2.24, 2.45) is 5.73 Å². The molecule has 2 heterocycles. The van der Waals surface area contributed by atoms with Gasteiger partial charge in [-0.2, -0.15) is 13.2 Å². The molecule has 0 bridgehead atoms. The lowest BCUT2D eigenvalue weighted by molar-refractivity contribution is -0.149. The molecule has 174 valence electrons. The van der Waals surface area contributed by atoms with Crippen LogP contribution in [0, 0.1) is 11.6 Å². The van der Waals surface area contributed by atoms with Gasteiger partial charge in [-0.05, 0) is 38.0 Å². The van der Waals surface area contributed by atoms with Crippen molar-refractivity contribution < 1.29 is 31.5 Å². The molecule has 2 atom stereocenters. The molecule has 1 aliphatic rings. The minimum atomic E-state index is -4.66. The van der Waals surface area contributed by atoms with E-state index in [4.69, 9.17) is 10.5 Å². The van der Waals surface area contributed by atoms with E-state index in [0.29, 0.717) is 19.0 Å². The molecule has 3 N–H and O–H groups in total. The summed E-state index contributed by atoms with van der Waals surface area (Å²) in [6, 6.07) is 0.615. The summed E-state index contributed by atoms with van der Waals surface area (Å²) < 4.78 is 72.3. The molecule has 0 aliphatic carbocycles. The SMILES string of the molecule is COc1ncc(C(=O)NC(C)C(F)(F)F)c(N2CC[C@](C)(N)C2)c1-c1cc(F)cc(F)c1. The number of methoxy groups -OCH3 is 1. The topological polar surface area (TPSA) is 80.5 Å². The Morgan fingerprint density at radius 3 is 2.41 bits per heavy atom. The Morgan fingerprint density at radius 1 is 1.28 bits per heavy atom. The average Bonchev–Trinajstić information content (AvgIpc) is 3.04. The summed E-state index contributed by atoms with van der Waals surface area (Å²) in [6.07, 6.45) is -3.06. The molecule has 0 radical (unpaired) electrons. The molecule has 1 saturated heterocycles. The largest absolute Gasteiger partial charge is 0.480 e. The van der Waals surface area contributed by atoms with Crippen molar-refractivity contribution in [3.63, 3.8) is 0 Å². The summed E-state index contributed by atoms with van der Waals surface area (Å²) in [5.74, 6) is -2.84. The van der Waals surface area contributed by atoms with Gasteiger partial charge in [-0.15, -0.1) is 0 Å². The van der Waals surface area contributed by atoms with Crippen LogP contribution in [0.5, 0.6) is 5.88 Å². The summed E-state index contributed by atoms with van der Waals surface area (Å²) in [4.78, 5) is 18.6. The van der Waals surface area contributed by atoms with E-state index in [2.05, 4.69) is 4.98 Å². The smallest absolute Gasteiger partial charge is 0.408 e. The van der Waals surface area contributed by atoms with Gasteiger partial charge in [0.15, 0.2) is 0 Å². The van der Waals surface area contributed by atoms with Crippen LogP contribution in [0.3, 0.4) is 0 Å². The number of nitrogens with zero attached hydrogens (tertiary/aromatic N) is 2. The van der Waals surface area contributed by atoms with Crippen molar-refractivity contribution in [3.05, 3.63) is 41.6 Å². The van der Waals surface area contributed by atoms with Gasteiger partial charge in [-0.25, -0.2) is 13.8 Å². The molecule has 2 aromatic rings. The third-order valence-electron chi connectivity index (χ3n) is 5.27. The fourth-order valence-corrected chi connectivity index (χ4v) is 3.62. The molecule has 32 heavy (non-hydrogen) atoms. The third kappa shape index (κ3) is 4.93. The number of rotatable bonds is 5. The fourth-order valence-electron chi connectivity index (χ4n) is 3.62. The molecule has 6 nitrogen and oxygen atoms in total. The number of nitrogens with one attached hydrogen (secondary N) is 1. The number of hydrogen-bond donors (Lipinski definition) is 2. The van der Waals surface area contributed by atoms with E-state index in [-0.39, 0.29) is 34.8 Å². The Bertz CT molecular complexity index is 1010. The normalized spacial score (nSPS) is 19.7. The first kappa shape index (κ1) is 23.7. The van der Waals surface area contributed by atoms with Crippen molar-refractivity contribution in [2.45, 2.75) is 38.0 Å². The molecule has 3 rings (SSSR count). The molecule has 1 fully saturated rings. The second kappa shape index (κ2) is 8.53. The second-order valence-corrected chi connectivity index (χ2v) is 8.13. The highest BCUT2D eigenvalue weighted by Crippen LogP contribution is 2.42. The number of pyridine rings is 1. The van der Waals surface area contributed by atoms with Gasteiger partial charge in [0.1, 0.15) is 17.7 Å². The first-order chi connectivity index (χ1) is 14.8. The number of hydrogen-bond acceptors (Lipinski definition) is 5. The molecule has 1 aromatic heterocycles. The van der Waals surface area contributed by atoms with E-state index >= 15 is 0 Å². The highest BCUT2D eigenvalue weighted by atomic mass is 19.4. The lowest BCUT2D eigenvalue weighted by atomic mass is 9.99. The van der Waals surface area contributed by atoms with Gasteiger partial charge in [0.05, 0.1) is 23.9 Å². The second-order valence-electron chi connectivity index (χ2n) is 8.13. The lowest BCUT2D eigenvalue weighted by Gasteiger charge is -2.28. The number of halogens is 5. The quantitative estimate of drug-likeness (QED) is 0.669. The molecule has 1 aromatic carbocycles. The van der Waals surface area contributed by atoms with Gasteiger partial charge in [-0.1, -0.05) is 0 Å². The first-order valence-corrected chi connectivity index (χ1v) is 9.77. The number of aromatic nitrogens is 1. The van der Waals surface area contributed by atoms with Crippen LogP contribution in [0.25, 0.3) is 11.1 Å². The summed E-state index contributed by atoms with van der Waals surface area (Å²) in [5.41, 5.74) is 5.62. The average molecular weight is 458 g/mol. The monoisotopic (exact) mass is 458 g/mol. The number of benzene rings is 1. The van der Waals surface area contributed by atoms with Crippen LogP contribution < -0.4 is 20.7 Å². The predicted octanol–water partition coefficient (Wildman–Crippen LogP) is 3.64. The maximum atomic E-state index is 14.0. The molecular weight excluding hydrogens is 435 g/mol. The number of carbonyl (C=O) groups is 1. The Labute approximate surface area is 181 Å². The van der Waals surface area contributed by atoms with Crippen molar-refractivity contribution in [2.75, 3.05) is 25.1 Å². The van der Waals surface area contributed by atoms with Crippen molar-refractivity contribution >= 4 is 11.6 Å². The van der Waals surface area contributed by atoms with Crippen molar-refractivity contribution in [1.82, 2.24) is 10.3 Å². The minimum absolute atomic E-state index is 0.0194. The van der Waals surface area contributed by atoms with Gasteiger partial charge in [0.25, 0.3) is 5.91 Å². The highest BCUT2D eigenvalue weighted by Gasteiger charge is 2.39. The molecule has 1 amide bonds. The maximum absolute atomic E-state index is 14.0. The Hall–Kier alpha value is -2.95. The fraction of sp³-hybridized carbons (Fsp3) is 0.429. The lowest BCUT2D eigenvalue weighted by Crippen LogP contribution is -2.44. The number of nitrogens with two attached hydrogens (primary N) is 1. The summed E-state index contributed by atoms with van der Waals surface area (Å²) in [7, 11) is 1.29. The number of ether oxygens (including phenoxy) is 1. The molecule has 1 aliphatic heterocycles. The van der Waals surface area contributed by atoms with Crippen LogP contribution in [0.15, 0.2) is 24.4 Å². The van der Waals surface area contributed by atoms with Gasteiger partial charge in [-0.3, -0.25) is 4.79 Å². The number of anilines is 1. The Kier molecular flexibility index (Phi) is 6.32. The van der Waals surface area contributed by atoms with Crippen LogP contribution in [-0.4, -0.2) is 48.8 Å². The van der Waals surface area contributed by atoms with E-state index in [9.17, 15) is 26.7 Å².